The first-order valence-electron chi connectivity index (χ1n) is 9.28. The van der Waals surface area contributed by atoms with Crippen LogP contribution in [0.2, 0.25) is 5.02 Å². The lowest BCUT2D eigenvalue weighted by molar-refractivity contribution is -0.129. The fourth-order valence-corrected chi connectivity index (χ4v) is 4.93. The number of methoxy groups -OCH3 is 1. The molecule has 1 saturated heterocycles. The van der Waals surface area contributed by atoms with Gasteiger partial charge < -0.3 is 9.64 Å². The molecule has 0 aliphatic carbocycles. The number of allylic oxidation sites excluding steroid dienone is 1. The van der Waals surface area contributed by atoms with E-state index < -0.39 is 5.97 Å². The Kier molecular flexibility index (Phi) is 5.71. The van der Waals surface area contributed by atoms with Crippen molar-refractivity contribution in [2.45, 2.75) is 12.3 Å². The van der Waals surface area contributed by atoms with Crippen LogP contribution in [0.4, 0.5) is 5.69 Å². The van der Waals surface area contributed by atoms with Crippen LogP contribution in [0.25, 0.3) is 0 Å². The van der Waals surface area contributed by atoms with Crippen molar-refractivity contribution in [3.8, 4) is 6.07 Å². The second-order valence-electron chi connectivity index (χ2n) is 6.95. The van der Waals surface area contributed by atoms with Crippen LogP contribution >= 0.6 is 23.4 Å². The first kappa shape index (κ1) is 20.3. The molecular weight excluding hydrogens is 422 g/mol. The normalized spacial score (nSPS) is 18.7. The number of halogens is 1. The van der Waals surface area contributed by atoms with Crippen molar-refractivity contribution in [1.29, 1.82) is 5.26 Å². The van der Waals surface area contributed by atoms with Crippen LogP contribution in [0.3, 0.4) is 0 Å². The van der Waals surface area contributed by atoms with Crippen molar-refractivity contribution in [2.75, 3.05) is 24.6 Å². The number of rotatable bonds is 3. The average molecular weight is 440 g/mol. The van der Waals surface area contributed by atoms with Gasteiger partial charge in [0.05, 0.1) is 41.9 Å². The number of amides is 1. The van der Waals surface area contributed by atoms with Crippen LogP contribution in [0, 0.1) is 11.3 Å². The van der Waals surface area contributed by atoms with Crippen molar-refractivity contribution in [2.24, 2.45) is 0 Å². The molecule has 30 heavy (non-hydrogen) atoms. The van der Waals surface area contributed by atoms with Gasteiger partial charge in [-0.15, -0.1) is 0 Å². The number of nitrogens with zero attached hydrogens (tertiary/aromatic N) is 3. The number of ether oxygens (including phenoxy) is 1. The Hall–Kier alpha value is -2.95. The van der Waals surface area contributed by atoms with Gasteiger partial charge in [-0.05, 0) is 42.0 Å². The van der Waals surface area contributed by atoms with Crippen LogP contribution < -0.4 is 4.90 Å². The summed E-state index contributed by atoms with van der Waals surface area (Å²) in [6, 6.07) is 16.7. The van der Waals surface area contributed by atoms with Gasteiger partial charge in [0, 0.05) is 23.0 Å². The van der Waals surface area contributed by atoms with E-state index in [4.69, 9.17) is 16.3 Å². The van der Waals surface area contributed by atoms with Crippen molar-refractivity contribution in [3.05, 3.63) is 75.3 Å². The number of carbonyl (C=O) groups is 2. The number of anilines is 1. The number of nitriles is 1. The lowest BCUT2D eigenvalue weighted by Crippen LogP contribution is -2.47. The molecule has 152 valence electrons. The zero-order valence-electron chi connectivity index (χ0n) is 16.2. The van der Waals surface area contributed by atoms with E-state index in [2.05, 4.69) is 6.07 Å². The number of carbonyl (C=O) groups excluding carboxylic acids is 2. The number of benzene rings is 2. The standard InChI is InChI=1S/C22H18ClN3O3S/c1-29-22(28)15-4-8-17(9-5-15)25-12-26-20(27)10-18(14-2-6-16(23)7-3-14)19(11-24)21(26)30-13-25/h2-9,18H,10,12-13H2,1H3/t18-/m0/s1. The van der Waals surface area contributed by atoms with Crippen molar-refractivity contribution in [3.63, 3.8) is 0 Å². The van der Waals surface area contributed by atoms with E-state index in [-0.39, 0.29) is 18.2 Å². The van der Waals surface area contributed by atoms with Crippen LogP contribution in [-0.4, -0.2) is 36.4 Å². The Labute approximate surface area is 183 Å². The highest BCUT2D eigenvalue weighted by Crippen LogP contribution is 2.43. The minimum atomic E-state index is -0.391. The molecule has 0 bridgehead atoms. The van der Waals surface area contributed by atoms with Gasteiger partial charge in [0.15, 0.2) is 0 Å². The second-order valence-corrected chi connectivity index (χ2v) is 8.32. The number of hydrogen-bond donors (Lipinski definition) is 0. The third-order valence-corrected chi connectivity index (χ3v) is 6.63. The molecule has 2 aliphatic rings. The average Bonchev–Trinajstić information content (AvgIpc) is 2.79. The molecule has 0 spiro atoms. The molecule has 1 atom stereocenters. The maximum Gasteiger partial charge on any atom is 0.337 e. The van der Waals surface area contributed by atoms with Gasteiger partial charge in [-0.25, -0.2) is 4.79 Å². The van der Waals surface area contributed by atoms with Gasteiger partial charge in [-0.1, -0.05) is 35.5 Å². The van der Waals surface area contributed by atoms with Crippen molar-refractivity contribution >= 4 is 40.9 Å². The van der Waals surface area contributed by atoms with Crippen molar-refractivity contribution < 1.29 is 14.3 Å². The van der Waals surface area contributed by atoms with Gasteiger partial charge in [0.25, 0.3) is 0 Å². The largest absolute Gasteiger partial charge is 0.465 e. The van der Waals surface area contributed by atoms with Gasteiger partial charge in [0.1, 0.15) is 0 Å². The molecule has 2 aromatic rings. The third kappa shape index (κ3) is 3.76. The minimum Gasteiger partial charge on any atom is -0.465 e. The smallest absolute Gasteiger partial charge is 0.337 e. The minimum absolute atomic E-state index is 0.0210. The molecule has 0 saturated carbocycles. The zero-order chi connectivity index (χ0) is 21.3. The Bertz CT molecular complexity index is 1060. The second kappa shape index (κ2) is 8.42. The van der Waals surface area contributed by atoms with Crippen LogP contribution in [0.15, 0.2) is 59.1 Å². The van der Waals surface area contributed by atoms with Gasteiger partial charge in [-0.2, -0.15) is 5.26 Å². The Morgan fingerprint density at radius 3 is 2.53 bits per heavy atom. The SMILES string of the molecule is COC(=O)c1ccc(N2CSC3=C(C#N)[C@H](c4ccc(Cl)cc4)CC(=O)N3C2)cc1. The molecule has 0 unspecified atom stereocenters. The predicted octanol–water partition coefficient (Wildman–Crippen LogP) is 4.35. The molecule has 2 aliphatic heterocycles. The third-order valence-electron chi connectivity index (χ3n) is 5.22. The summed E-state index contributed by atoms with van der Waals surface area (Å²) in [6.45, 7) is 0.358. The molecule has 8 heteroatoms. The molecule has 2 heterocycles. The van der Waals surface area contributed by atoms with Gasteiger partial charge in [0.2, 0.25) is 5.91 Å². The summed E-state index contributed by atoms with van der Waals surface area (Å²) in [5, 5.41) is 11.2. The summed E-state index contributed by atoms with van der Waals surface area (Å²) >= 11 is 7.46. The van der Waals surface area contributed by atoms with E-state index in [0.717, 1.165) is 16.3 Å². The lowest BCUT2D eigenvalue weighted by atomic mass is 9.86. The molecule has 4 rings (SSSR count). The maximum absolute atomic E-state index is 13.0. The summed E-state index contributed by atoms with van der Waals surface area (Å²) in [4.78, 5) is 28.3. The summed E-state index contributed by atoms with van der Waals surface area (Å²) in [6.07, 6.45) is 0.240. The summed E-state index contributed by atoms with van der Waals surface area (Å²) in [5.74, 6) is -0.0792. The molecule has 6 nitrogen and oxygen atoms in total. The number of esters is 1. The van der Waals surface area contributed by atoms with E-state index in [1.165, 1.54) is 18.9 Å². The van der Waals surface area contributed by atoms with E-state index in [1.807, 2.05) is 29.2 Å². The van der Waals surface area contributed by atoms with E-state index in [1.54, 1.807) is 29.2 Å². The Balaban J connectivity index is 1.59. The molecule has 2 aromatic carbocycles. The van der Waals surface area contributed by atoms with E-state index in [0.29, 0.717) is 28.7 Å². The van der Waals surface area contributed by atoms with Crippen LogP contribution in [0.5, 0.6) is 0 Å². The van der Waals surface area contributed by atoms with Crippen molar-refractivity contribution in [1.82, 2.24) is 4.90 Å². The van der Waals surface area contributed by atoms with Gasteiger partial charge >= 0.3 is 5.97 Å². The van der Waals surface area contributed by atoms with E-state index in [9.17, 15) is 14.9 Å². The summed E-state index contributed by atoms with van der Waals surface area (Å²) < 4.78 is 4.73. The highest BCUT2D eigenvalue weighted by atomic mass is 35.5. The predicted molar refractivity (Wildman–Crippen MR) is 116 cm³/mol. The molecule has 1 fully saturated rings. The molecule has 0 N–H and O–H groups in total. The topological polar surface area (TPSA) is 73.6 Å². The van der Waals surface area contributed by atoms with Gasteiger partial charge in [-0.3, -0.25) is 9.69 Å². The molecule has 0 radical (unpaired) electrons. The first-order chi connectivity index (χ1) is 14.5. The highest BCUT2D eigenvalue weighted by Gasteiger charge is 2.38. The summed E-state index contributed by atoms with van der Waals surface area (Å²) in [7, 11) is 1.34. The van der Waals surface area contributed by atoms with E-state index >= 15 is 0 Å². The molecule has 1 amide bonds. The van der Waals surface area contributed by atoms with Crippen LogP contribution in [-0.2, 0) is 9.53 Å². The molecular formula is C22H18ClN3O3S. The first-order valence-corrected chi connectivity index (χ1v) is 10.6. The number of thioether (sulfide) groups is 1. The quantitative estimate of drug-likeness (QED) is 0.662. The number of hydrogen-bond acceptors (Lipinski definition) is 6. The number of fused-ring (bicyclic) bond motifs is 1. The molecule has 0 aromatic heterocycles. The maximum atomic E-state index is 13.0. The lowest BCUT2D eigenvalue weighted by Gasteiger charge is -2.42. The summed E-state index contributed by atoms with van der Waals surface area (Å²) in [5.41, 5.74) is 2.89. The van der Waals surface area contributed by atoms with Crippen LogP contribution in [0.1, 0.15) is 28.3 Å². The highest BCUT2D eigenvalue weighted by molar-refractivity contribution is 8.03. The Morgan fingerprint density at radius 1 is 1.20 bits per heavy atom. The fourth-order valence-electron chi connectivity index (χ4n) is 3.63. The zero-order valence-corrected chi connectivity index (χ0v) is 17.7. The fraction of sp³-hybridized carbons (Fsp3) is 0.227. The Morgan fingerprint density at radius 2 is 1.90 bits per heavy atom. The monoisotopic (exact) mass is 439 g/mol.